The second-order valence-electron chi connectivity index (χ2n) is 10.5. The first-order valence-electron chi connectivity index (χ1n) is 12.7. The summed E-state index contributed by atoms with van der Waals surface area (Å²) in [5, 5.41) is 0. The van der Waals surface area contributed by atoms with Gasteiger partial charge in [-0.15, -0.1) is 0 Å². The molecular weight excluding hydrogens is 523 g/mol. The van der Waals surface area contributed by atoms with Gasteiger partial charge >= 0.3 is 7.12 Å². The SMILES string of the molecule is Brc1cncc(CN2CCOCC2)c1.CC1(C)OB(c2cncc(CN3CCOCC3)c2)OC1(C)C. The van der Waals surface area contributed by atoms with Crippen LogP contribution < -0.4 is 5.46 Å². The Hall–Kier alpha value is -1.40. The van der Waals surface area contributed by atoms with Gasteiger partial charge in [-0.05, 0) is 60.8 Å². The number of ether oxygens (including phenoxy) is 2. The Morgan fingerprint density at radius 1 is 0.750 bits per heavy atom. The van der Waals surface area contributed by atoms with Crippen LogP contribution in [0, 0.1) is 0 Å². The van der Waals surface area contributed by atoms with E-state index in [1.165, 1.54) is 11.1 Å². The maximum Gasteiger partial charge on any atom is 0.496 e. The lowest BCUT2D eigenvalue weighted by atomic mass is 9.80. The number of nitrogens with zero attached hydrogens (tertiary/aromatic N) is 4. The molecule has 3 aliphatic rings. The first kappa shape index (κ1) is 27.6. The van der Waals surface area contributed by atoms with Crippen LogP contribution in [0.5, 0.6) is 0 Å². The van der Waals surface area contributed by atoms with Gasteiger partial charge in [0.1, 0.15) is 0 Å². The zero-order chi connectivity index (χ0) is 25.6. The minimum Gasteiger partial charge on any atom is -0.399 e. The van der Waals surface area contributed by atoms with Crippen molar-refractivity contribution in [1.29, 1.82) is 0 Å². The van der Waals surface area contributed by atoms with Crippen molar-refractivity contribution in [2.24, 2.45) is 0 Å². The molecule has 2 aromatic rings. The molecule has 8 nitrogen and oxygen atoms in total. The van der Waals surface area contributed by atoms with Gasteiger partial charge in [0, 0.05) is 74.0 Å². The first-order valence-corrected chi connectivity index (χ1v) is 13.5. The fourth-order valence-corrected chi connectivity index (χ4v) is 4.69. The molecule has 0 bridgehead atoms. The largest absolute Gasteiger partial charge is 0.496 e. The molecule has 0 spiro atoms. The van der Waals surface area contributed by atoms with Gasteiger partial charge in [-0.1, -0.05) is 6.07 Å². The number of pyridine rings is 2. The van der Waals surface area contributed by atoms with E-state index in [1.54, 1.807) is 0 Å². The van der Waals surface area contributed by atoms with Gasteiger partial charge in [0.25, 0.3) is 0 Å². The minimum atomic E-state index is -0.345. The Kier molecular flexibility index (Phi) is 9.54. The van der Waals surface area contributed by atoms with Crippen molar-refractivity contribution in [3.8, 4) is 0 Å². The molecule has 0 saturated carbocycles. The summed E-state index contributed by atoms with van der Waals surface area (Å²) in [4.78, 5) is 13.3. The molecular formula is C26H38BBrN4O4. The van der Waals surface area contributed by atoms with E-state index in [9.17, 15) is 0 Å². The standard InChI is InChI=1S/C16H25BN2O3.C10H13BrN2O/c1-15(2)16(3,4)22-17(21-15)14-9-13(10-18-11-14)12-19-5-7-20-8-6-19;11-10-5-9(6-12-7-10)8-13-1-3-14-4-2-13/h9-11H,5-8,12H2,1-4H3;5-7H,1-4,8H2. The molecule has 0 aromatic carbocycles. The zero-order valence-electron chi connectivity index (χ0n) is 21.9. The molecule has 5 rings (SSSR count). The molecule has 36 heavy (non-hydrogen) atoms. The maximum absolute atomic E-state index is 6.10. The van der Waals surface area contributed by atoms with Crippen LogP contribution in [-0.4, -0.2) is 90.7 Å². The number of morpholine rings is 2. The molecule has 10 heteroatoms. The Labute approximate surface area is 223 Å². The number of hydrogen-bond donors (Lipinski definition) is 0. The second kappa shape index (κ2) is 12.4. The number of aromatic nitrogens is 2. The monoisotopic (exact) mass is 560 g/mol. The van der Waals surface area contributed by atoms with Crippen molar-refractivity contribution in [1.82, 2.24) is 19.8 Å². The summed E-state index contributed by atoms with van der Waals surface area (Å²) in [6.07, 6.45) is 7.48. The van der Waals surface area contributed by atoms with Crippen LogP contribution in [0.1, 0.15) is 38.8 Å². The van der Waals surface area contributed by atoms with Crippen LogP contribution in [0.2, 0.25) is 0 Å². The molecule has 0 unspecified atom stereocenters. The van der Waals surface area contributed by atoms with Gasteiger partial charge in [0.05, 0.1) is 37.6 Å². The summed E-state index contributed by atoms with van der Waals surface area (Å²) in [6, 6.07) is 4.26. The molecule has 0 radical (unpaired) electrons. The molecule has 5 heterocycles. The van der Waals surface area contributed by atoms with Crippen molar-refractivity contribution in [3.63, 3.8) is 0 Å². The van der Waals surface area contributed by atoms with Crippen molar-refractivity contribution >= 4 is 28.5 Å². The maximum atomic E-state index is 6.10. The van der Waals surface area contributed by atoms with Crippen LogP contribution in [0.4, 0.5) is 0 Å². The molecule has 0 amide bonds. The number of hydrogen-bond acceptors (Lipinski definition) is 8. The van der Waals surface area contributed by atoms with E-state index in [1.807, 2.05) is 24.8 Å². The minimum absolute atomic E-state index is 0.322. The van der Waals surface area contributed by atoms with E-state index in [0.717, 1.165) is 75.6 Å². The van der Waals surface area contributed by atoms with Gasteiger partial charge in [0.15, 0.2) is 0 Å². The van der Waals surface area contributed by atoms with E-state index in [-0.39, 0.29) is 18.3 Å². The smallest absolute Gasteiger partial charge is 0.399 e. The van der Waals surface area contributed by atoms with Crippen LogP contribution in [0.15, 0.2) is 41.4 Å². The normalized spacial score (nSPS) is 22.2. The fraction of sp³-hybridized carbons (Fsp3) is 0.615. The third-order valence-electron chi connectivity index (χ3n) is 7.12. The third kappa shape index (κ3) is 7.57. The average molecular weight is 561 g/mol. The van der Waals surface area contributed by atoms with Gasteiger partial charge in [0.2, 0.25) is 0 Å². The third-order valence-corrected chi connectivity index (χ3v) is 7.56. The van der Waals surface area contributed by atoms with Crippen molar-refractivity contribution in [2.45, 2.75) is 52.0 Å². The van der Waals surface area contributed by atoms with E-state index >= 15 is 0 Å². The lowest BCUT2D eigenvalue weighted by molar-refractivity contribution is 0.00578. The predicted octanol–water partition coefficient (Wildman–Crippen LogP) is 2.89. The molecule has 0 atom stereocenters. The molecule has 3 saturated heterocycles. The molecule has 3 aliphatic heterocycles. The van der Waals surface area contributed by atoms with Crippen molar-refractivity contribution in [3.05, 3.63) is 52.5 Å². The Morgan fingerprint density at radius 2 is 1.22 bits per heavy atom. The highest BCUT2D eigenvalue weighted by atomic mass is 79.9. The van der Waals surface area contributed by atoms with E-state index in [4.69, 9.17) is 18.8 Å². The molecule has 196 valence electrons. The summed E-state index contributed by atoms with van der Waals surface area (Å²) in [6.45, 7) is 17.4. The highest BCUT2D eigenvalue weighted by Gasteiger charge is 2.51. The predicted molar refractivity (Wildman–Crippen MR) is 144 cm³/mol. The van der Waals surface area contributed by atoms with E-state index in [0.29, 0.717) is 0 Å². The number of halogens is 1. The molecule has 2 aromatic heterocycles. The molecule has 3 fully saturated rings. The van der Waals surface area contributed by atoms with E-state index < -0.39 is 0 Å². The Bertz CT molecular complexity index is 968. The quantitative estimate of drug-likeness (QED) is 0.517. The van der Waals surface area contributed by atoms with Gasteiger partial charge in [-0.2, -0.15) is 0 Å². The molecule has 0 N–H and O–H groups in total. The summed E-state index contributed by atoms with van der Waals surface area (Å²) in [7, 11) is -0.345. The summed E-state index contributed by atoms with van der Waals surface area (Å²) >= 11 is 3.42. The van der Waals surface area contributed by atoms with Crippen molar-refractivity contribution in [2.75, 3.05) is 52.6 Å². The Balaban J connectivity index is 0.000000187. The fourth-order valence-electron chi connectivity index (χ4n) is 4.28. The summed E-state index contributed by atoms with van der Waals surface area (Å²) in [5.74, 6) is 0. The highest BCUT2D eigenvalue weighted by molar-refractivity contribution is 9.10. The average Bonchev–Trinajstić information content (AvgIpc) is 3.08. The zero-order valence-corrected chi connectivity index (χ0v) is 23.5. The summed E-state index contributed by atoms with van der Waals surface area (Å²) in [5.41, 5.74) is 2.79. The first-order chi connectivity index (χ1) is 17.2. The second-order valence-corrected chi connectivity index (χ2v) is 11.4. The van der Waals surface area contributed by atoms with Gasteiger partial charge in [-0.25, -0.2) is 0 Å². The molecule has 0 aliphatic carbocycles. The van der Waals surface area contributed by atoms with Gasteiger partial charge in [-0.3, -0.25) is 19.8 Å². The lowest BCUT2D eigenvalue weighted by Crippen LogP contribution is -2.41. The summed E-state index contributed by atoms with van der Waals surface area (Å²) < 4.78 is 23.9. The highest BCUT2D eigenvalue weighted by Crippen LogP contribution is 2.36. The lowest BCUT2D eigenvalue weighted by Gasteiger charge is -2.32. The number of rotatable bonds is 5. The van der Waals surface area contributed by atoms with E-state index in [2.05, 4.69) is 75.5 Å². The van der Waals surface area contributed by atoms with Crippen molar-refractivity contribution < 1.29 is 18.8 Å². The van der Waals surface area contributed by atoms with Crippen LogP contribution in [0.3, 0.4) is 0 Å². The topological polar surface area (TPSA) is 69.2 Å². The van der Waals surface area contributed by atoms with Gasteiger partial charge < -0.3 is 18.8 Å². The van der Waals surface area contributed by atoms with Crippen LogP contribution in [0.25, 0.3) is 0 Å². The van der Waals surface area contributed by atoms with Crippen LogP contribution in [-0.2, 0) is 31.9 Å². The van der Waals surface area contributed by atoms with Crippen LogP contribution >= 0.6 is 15.9 Å². The Morgan fingerprint density at radius 3 is 1.72 bits per heavy atom.